The first-order valence-corrected chi connectivity index (χ1v) is 15.6. The second-order valence-corrected chi connectivity index (χ2v) is 13.3. The van der Waals surface area contributed by atoms with Crippen molar-refractivity contribution in [2.75, 3.05) is 27.9 Å². The van der Waals surface area contributed by atoms with Crippen molar-refractivity contribution in [1.82, 2.24) is 0 Å². The number of thioether (sulfide) groups is 4. The van der Waals surface area contributed by atoms with E-state index in [2.05, 4.69) is 69.0 Å². The minimum Gasteiger partial charge on any atom is -0.287 e. The molecule has 0 spiro atoms. The molecule has 0 aromatic heterocycles. The van der Waals surface area contributed by atoms with E-state index in [1.807, 2.05) is 47.0 Å². The first kappa shape index (κ1) is 25.2. The number of benzene rings is 2. The van der Waals surface area contributed by atoms with Crippen molar-refractivity contribution >= 4 is 69.4 Å². The Morgan fingerprint density at radius 2 is 1.39 bits per heavy atom. The molecule has 0 radical (unpaired) electrons. The molecule has 0 fully saturated rings. The average molecular weight is 494 g/mol. The maximum Gasteiger partial charge on any atom is 0.259 e. The van der Waals surface area contributed by atoms with Crippen molar-refractivity contribution in [3.05, 3.63) is 42.0 Å². The molecule has 0 aliphatic carbocycles. The first-order valence-electron chi connectivity index (χ1n) is 11.5. The highest BCUT2D eigenvalue weighted by Gasteiger charge is 2.54. The minimum atomic E-state index is -0.525. The molecule has 1 heterocycles. The van der Waals surface area contributed by atoms with Gasteiger partial charge in [-0.3, -0.25) is 9.69 Å². The van der Waals surface area contributed by atoms with Crippen LogP contribution in [0.25, 0.3) is 10.8 Å². The van der Waals surface area contributed by atoms with Gasteiger partial charge in [0.05, 0.1) is 5.69 Å². The summed E-state index contributed by atoms with van der Waals surface area (Å²) in [5.41, 5.74) is 2.37. The lowest BCUT2D eigenvalue weighted by molar-refractivity contribution is -0.118. The maximum atomic E-state index is 14.4. The van der Waals surface area contributed by atoms with Gasteiger partial charge in [0.1, 0.15) is 4.71 Å². The molecule has 2 nitrogen and oxygen atoms in total. The monoisotopic (exact) mass is 493 g/mol. The quantitative estimate of drug-likeness (QED) is 0.261. The minimum absolute atomic E-state index is 0.128. The van der Waals surface area contributed by atoms with E-state index in [1.165, 1.54) is 16.3 Å². The van der Waals surface area contributed by atoms with Crippen LogP contribution in [-0.2, 0) is 8.87 Å². The van der Waals surface area contributed by atoms with Crippen molar-refractivity contribution in [1.29, 1.82) is 0 Å². The molecule has 0 unspecified atom stereocenters. The smallest absolute Gasteiger partial charge is 0.259 e. The molecule has 0 N–H and O–H groups in total. The molecule has 170 valence electrons. The highest BCUT2D eigenvalue weighted by atomic mass is 32.2. The lowest BCUT2D eigenvalue weighted by atomic mass is 10.0. The van der Waals surface area contributed by atoms with Gasteiger partial charge in [0.15, 0.2) is 4.08 Å². The molecule has 0 bridgehead atoms. The fourth-order valence-electron chi connectivity index (χ4n) is 3.80. The van der Waals surface area contributed by atoms with Crippen molar-refractivity contribution < 1.29 is 4.79 Å². The van der Waals surface area contributed by atoms with E-state index in [0.29, 0.717) is 0 Å². The molecular formula is C25H35NOS4. The molecule has 1 amide bonds. The van der Waals surface area contributed by atoms with Gasteiger partial charge in [0, 0.05) is 10.9 Å². The number of fused-ring (bicyclic) bond motifs is 3. The lowest BCUT2D eigenvalue weighted by Gasteiger charge is -2.31. The molecule has 6 heteroatoms. The third kappa shape index (κ3) is 5.23. The van der Waals surface area contributed by atoms with Crippen LogP contribution in [0.15, 0.2) is 36.4 Å². The summed E-state index contributed by atoms with van der Waals surface area (Å²) in [5, 5.41) is 2.43. The third-order valence-electron chi connectivity index (χ3n) is 5.16. The van der Waals surface area contributed by atoms with Gasteiger partial charge in [-0.2, -0.15) is 0 Å². The Morgan fingerprint density at radius 3 is 1.97 bits per heavy atom. The summed E-state index contributed by atoms with van der Waals surface area (Å²) < 4.78 is -0.397. The van der Waals surface area contributed by atoms with Gasteiger partial charge in [-0.15, -0.1) is 47.0 Å². The maximum absolute atomic E-state index is 14.4. The second-order valence-electron chi connectivity index (χ2n) is 7.72. The van der Waals surface area contributed by atoms with Gasteiger partial charge in [0.25, 0.3) is 5.91 Å². The van der Waals surface area contributed by atoms with Crippen molar-refractivity contribution in [3.63, 3.8) is 0 Å². The molecule has 3 rings (SSSR count). The molecule has 2 aromatic rings. The zero-order valence-electron chi connectivity index (χ0n) is 19.2. The van der Waals surface area contributed by atoms with Crippen LogP contribution in [0.3, 0.4) is 0 Å². The summed E-state index contributed by atoms with van der Waals surface area (Å²) >= 11 is 7.57. The zero-order valence-corrected chi connectivity index (χ0v) is 22.5. The number of anilines is 1. The molecular weight excluding hydrogens is 459 g/mol. The van der Waals surface area contributed by atoms with Crippen LogP contribution in [0, 0.1) is 0 Å². The molecule has 1 aliphatic rings. The van der Waals surface area contributed by atoms with Crippen LogP contribution in [-0.4, -0.2) is 33.6 Å². The number of nitrogens with zero attached hydrogens (tertiary/aromatic N) is 1. The summed E-state index contributed by atoms with van der Waals surface area (Å²) in [4.78, 5) is 16.5. The summed E-state index contributed by atoms with van der Waals surface area (Å²) in [6.45, 7) is 8.87. The van der Waals surface area contributed by atoms with E-state index in [9.17, 15) is 4.79 Å². The van der Waals surface area contributed by atoms with Crippen LogP contribution < -0.4 is 4.90 Å². The molecule has 0 saturated carbocycles. The Morgan fingerprint density at radius 1 is 0.806 bits per heavy atom. The average Bonchev–Trinajstić information content (AvgIpc) is 3.05. The van der Waals surface area contributed by atoms with Crippen molar-refractivity contribution in [2.45, 2.75) is 62.2 Å². The predicted molar refractivity (Wildman–Crippen MR) is 148 cm³/mol. The molecule has 2 aromatic carbocycles. The number of carbonyl (C=O) groups is 1. The van der Waals surface area contributed by atoms with Crippen LogP contribution in [0.5, 0.6) is 0 Å². The van der Waals surface area contributed by atoms with Crippen LogP contribution in [0.1, 0.15) is 58.9 Å². The first-order chi connectivity index (χ1) is 15.1. The Balaban J connectivity index is 2.19. The molecule has 1 aliphatic heterocycles. The largest absolute Gasteiger partial charge is 0.287 e. The SMILES string of the molecule is CCCSC(SCCC)N1C(=O)C(SCCC)(SCCC)c2ccc3ccccc3c21. The summed E-state index contributed by atoms with van der Waals surface area (Å²) in [6.07, 6.45) is 4.40. The molecule has 0 saturated heterocycles. The molecule has 0 atom stereocenters. The van der Waals surface area contributed by atoms with Gasteiger partial charge in [-0.1, -0.05) is 64.1 Å². The third-order valence-corrected chi connectivity index (χ3v) is 11.8. The Labute approximate surface area is 205 Å². The summed E-state index contributed by atoms with van der Waals surface area (Å²) in [7, 11) is 0. The normalized spacial score (nSPS) is 15.3. The fourth-order valence-corrected chi connectivity index (χ4v) is 9.24. The van der Waals surface area contributed by atoms with Crippen molar-refractivity contribution in [2.24, 2.45) is 0 Å². The Bertz CT molecular complexity index is 856. The van der Waals surface area contributed by atoms with E-state index in [0.717, 1.165) is 54.4 Å². The van der Waals surface area contributed by atoms with Crippen LogP contribution in [0.2, 0.25) is 0 Å². The molecule has 31 heavy (non-hydrogen) atoms. The van der Waals surface area contributed by atoms with E-state index in [4.69, 9.17) is 0 Å². The number of amides is 1. The number of hydrogen-bond donors (Lipinski definition) is 0. The van der Waals surface area contributed by atoms with Crippen molar-refractivity contribution in [3.8, 4) is 0 Å². The van der Waals surface area contributed by atoms with E-state index in [-0.39, 0.29) is 10.6 Å². The lowest BCUT2D eigenvalue weighted by Crippen LogP contribution is -2.41. The van der Waals surface area contributed by atoms with Crippen LogP contribution in [0.4, 0.5) is 5.69 Å². The van der Waals surface area contributed by atoms with Gasteiger partial charge < -0.3 is 0 Å². The fraction of sp³-hybridized carbons (Fsp3) is 0.560. The Hall–Kier alpha value is -0.430. The summed E-state index contributed by atoms with van der Waals surface area (Å²) in [5.74, 6) is 4.42. The number of carbonyl (C=O) groups excluding carboxylic acids is 1. The standard InChI is InChI=1S/C25H35NOS4/c1-5-15-28-24(29-16-6-2)26-22-20-12-10-9-11-19(20)13-14-21(22)25(23(26)27,30-17-7-3)31-18-8-4/h9-14,24H,5-8,15-18H2,1-4H3. The number of hydrogen-bond acceptors (Lipinski definition) is 5. The zero-order chi connectivity index (χ0) is 22.3. The highest BCUT2D eigenvalue weighted by Crippen LogP contribution is 2.59. The van der Waals surface area contributed by atoms with Gasteiger partial charge in [0.2, 0.25) is 0 Å². The summed E-state index contributed by atoms with van der Waals surface area (Å²) in [6, 6.07) is 13.0. The van der Waals surface area contributed by atoms with Gasteiger partial charge in [-0.25, -0.2) is 0 Å². The van der Waals surface area contributed by atoms with Gasteiger partial charge in [-0.05, 0) is 54.1 Å². The second kappa shape index (κ2) is 12.2. The van der Waals surface area contributed by atoms with E-state index in [1.54, 1.807) is 0 Å². The number of rotatable bonds is 13. The predicted octanol–water partition coefficient (Wildman–Crippen LogP) is 8.20. The van der Waals surface area contributed by atoms with E-state index < -0.39 is 4.08 Å². The van der Waals surface area contributed by atoms with E-state index >= 15 is 0 Å². The van der Waals surface area contributed by atoms with Gasteiger partial charge >= 0.3 is 0 Å². The van der Waals surface area contributed by atoms with Crippen LogP contribution >= 0.6 is 47.0 Å². The Kier molecular flexibility index (Phi) is 9.88. The highest BCUT2D eigenvalue weighted by molar-refractivity contribution is 8.19. The topological polar surface area (TPSA) is 20.3 Å².